The Labute approximate surface area is 186 Å². The van der Waals surface area contributed by atoms with Crippen LogP contribution in [0.5, 0.6) is 5.75 Å². The minimum atomic E-state index is -3.84. The Balaban J connectivity index is 1.76. The van der Waals surface area contributed by atoms with E-state index < -0.39 is 10.0 Å². The van der Waals surface area contributed by atoms with Crippen molar-refractivity contribution in [3.63, 3.8) is 0 Å². The summed E-state index contributed by atoms with van der Waals surface area (Å²) in [5, 5.41) is 13.8. The fourth-order valence-corrected chi connectivity index (χ4v) is 6.68. The summed E-state index contributed by atoms with van der Waals surface area (Å²) in [6.07, 6.45) is 0.639. The number of benzene rings is 3. The summed E-state index contributed by atoms with van der Waals surface area (Å²) >= 11 is 1.64. The first-order valence-electron chi connectivity index (χ1n) is 10.1. The number of anilines is 1. The van der Waals surface area contributed by atoms with Gasteiger partial charge in [0.1, 0.15) is 5.75 Å². The Morgan fingerprint density at radius 3 is 2.42 bits per heavy atom. The van der Waals surface area contributed by atoms with Gasteiger partial charge in [-0.3, -0.25) is 4.31 Å². The van der Waals surface area contributed by atoms with E-state index in [1.807, 2.05) is 42.6 Å². The number of phenols is 1. The molecule has 4 aromatic rings. The van der Waals surface area contributed by atoms with Crippen molar-refractivity contribution in [1.29, 1.82) is 0 Å². The van der Waals surface area contributed by atoms with E-state index in [9.17, 15) is 13.5 Å². The first kappa shape index (κ1) is 19.8. The zero-order valence-corrected chi connectivity index (χ0v) is 18.5. The van der Waals surface area contributed by atoms with Gasteiger partial charge < -0.3 is 5.11 Å². The number of hydrogen-bond acceptors (Lipinski definition) is 4. The average molecular weight is 448 g/mol. The maximum absolute atomic E-state index is 13.8. The Hall–Kier alpha value is -3.09. The van der Waals surface area contributed by atoms with Crippen LogP contribution in [-0.4, -0.2) is 13.5 Å². The first-order chi connectivity index (χ1) is 15.0. The third kappa shape index (κ3) is 3.23. The SMILES string of the molecule is CCC1c2ccccc2-c2cc(-c3ccsc3)ccc2N1S(=O)(=O)c1ccc(O)cc1. The lowest BCUT2D eigenvalue weighted by atomic mass is 9.87. The number of sulfonamides is 1. The predicted octanol–water partition coefficient (Wildman–Crippen LogP) is 6.45. The highest BCUT2D eigenvalue weighted by Crippen LogP contribution is 2.49. The summed E-state index contributed by atoms with van der Waals surface area (Å²) in [4.78, 5) is 0.163. The van der Waals surface area contributed by atoms with Crippen LogP contribution < -0.4 is 4.31 Å². The van der Waals surface area contributed by atoms with E-state index >= 15 is 0 Å². The van der Waals surface area contributed by atoms with Crippen LogP contribution in [0.3, 0.4) is 0 Å². The van der Waals surface area contributed by atoms with Crippen molar-refractivity contribution in [2.24, 2.45) is 0 Å². The Kier molecular flexibility index (Phi) is 4.84. The number of thiophene rings is 1. The van der Waals surface area contributed by atoms with E-state index in [0.29, 0.717) is 12.1 Å². The smallest absolute Gasteiger partial charge is 0.264 e. The van der Waals surface area contributed by atoms with E-state index in [4.69, 9.17) is 0 Å². The molecule has 3 aromatic carbocycles. The molecule has 1 aromatic heterocycles. The number of fused-ring (bicyclic) bond motifs is 3. The number of aromatic hydroxyl groups is 1. The van der Waals surface area contributed by atoms with E-state index in [1.165, 1.54) is 24.3 Å². The van der Waals surface area contributed by atoms with E-state index in [-0.39, 0.29) is 16.7 Å². The molecule has 5 rings (SSSR count). The number of phenolic OH excluding ortho intramolecular Hbond substituents is 1. The lowest BCUT2D eigenvalue weighted by Crippen LogP contribution is -2.37. The molecule has 0 fully saturated rings. The Morgan fingerprint density at radius 2 is 1.71 bits per heavy atom. The molecule has 156 valence electrons. The van der Waals surface area contributed by atoms with Gasteiger partial charge >= 0.3 is 0 Å². The van der Waals surface area contributed by atoms with Crippen molar-refractivity contribution >= 4 is 27.0 Å². The highest BCUT2D eigenvalue weighted by Gasteiger charge is 2.38. The second-order valence-corrected chi connectivity index (χ2v) is 10.1. The molecule has 0 saturated carbocycles. The van der Waals surface area contributed by atoms with Crippen molar-refractivity contribution in [3.8, 4) is 28.0 Å². The molecule has 0 saturated heterocycles. The van der Waals surface area contributed by atoms with Crippen molar-refractivity contribution in [1.82, 2.24) is 0 Å². The third-order valence-corrected chi connectivity index (χ3v) is 8.28. The molecule has 1 aliphatic heterocycles. The van der Waals surface area contributed by atoms with Gasteiger partial charge in [-0.1, -0.05) is 37.3 Å². The van der Waals surface area contributed by atoms with Crippen LogP contribution in [0.2, 0.25) is 0 Å². The van der Waals surface area contributed by atoms with Gasteiger partial charge in [0.05, 0.1) is 16.6 Å². The second kappa shape index (κ2) is 7.55. The molecule has 4 nitrogen and oxygen atoms in total. The van der Waals surface area contributed by atoms with E-state index in [1.54, 1.807) is 15.6 Å². The molecule has 0 spiro atoms. The average Bonchev–Trinajstić information content (AvgIpc) is 3.33. The van der Waals surface area contributed by atoms with Crippen molar-refractivity contribution in [2.75, 3.05) is 4.31 Å². The fourth-order valence-electron chi connectivity index (χ4n) is 4.29. The Morgan fingerprint density at radius 1 is 0.935 bits per heavy atom. The standard InChI is InChI=1S/C25H21NO3S2/c1-2-24-22-6-4-3-5-21(22)23-15-17(18-13-14-30-16-18)7-12-25(23)26(24)31(28,29)20-10-8-19(27)9-11-20/h3-16,24,27H,2H2,1H3. The third-order valence-electron chi connectivity index (χ3n) is 5.76. The molecule has 1 N–H and O–H groups in total. The van der Waals surface area contributed by atoms with Crippen LogP contribution in [0.25, 0.3) is 22.3 Å². The van der Waals surface area contributed by atoms with Gasteiger partial charge in [-0.05, 0) is 81.9 Å². The molecule has 0 amide bonds. The zero-order valence-electron chi connectivity index (χ0n) is 16.9. The van der Waals surface area contributed by atoms with Gasteiger partial charge in [-0.25, -0.2) is 8.42 Å². The summed E-state index contributed by atoms with van der Waals surface area (Å²) in [5.41, 5.74) is 5.84. The Bertz CT molecular complexity index is 1340. The van der Waals surface area contributed by atoms with Gasteiger partial charge in [0, 0.05) is 5.56 Å². The summed E-state index contributed by atoms with van der Waals surface area (Å²) in [7, 11) is -3.84. The lowest BCUT2D eigenvalue weighted by Gasteiger charge is -2.39. The van der Waals surface area contributed by atoms with Crippen molar-refractivity contribution < 1.29 is 13.5 Å². The molecular weight excluding hydrogens is 426 g/mol. The van der Waals surface area contributed by atoms with Crippen LogP contribution in [-0.2, 0) is 10.0 Å². The fraction of sp³-hybridized carbons (Fsp3) is 0.120. The molecule has 0 bridgehead atoms. The number of hydrogen-bond donors (Lipinski definition) is 1. The number of rotatable bonds is 4. The lowest BCUT2D eigenvalue weighted by molar-refractivity contribution is 0.474. The van der Waals surface area contributed by atoms with Gasteiger partial charge in [0.15, 0.2) is 0 Å². The maximum atomic E-state index is 13.8. The van der Waals surface area contributed by atoms with Crippen LogP contribution >= 0.6 is 11.3 Å². The van der Waals surface area contributed by atoms with E-state index in [0.717, 1.165) is 27.8 Å². The summed E-state index contributed by atoms with van der Waals surface area (Å²) in [6.45, 7) is 2.01. The van der Waals surface area contributed by atoms with Gasteiger partial charge in [0.2, 0.25) is 0 Å². The molecule has 0 radical (unpaired) electrons. The molecular formula is C25H21NO3S2. The zero-order chi connectivity index (χ0) is 21.6. The topological polar surface area (TPSA) is 57.6 Å². The molecule has 6 heteroatoms. The minimum absolute atomic E-state index is 0.0378. The second-order valence-electron chi connectivity index (χ2n) is 7.55. The quantitative estimate of drug-likeness (QED) is 0.391. The van der Waals surface area contributed by atoms with Crippen molar-refractivity contribution in [3.05, 3.63) is 89.1 Å². The first-order valence-corrected chi connectivity index (χ1v) is 12.5. The number of nitrogens with zero attached hydrogens (tertiary/aromatic N) is 1. The molecule has 1 unspecified atom stereocenters. The predicted molar refractivity (Wildman–Crippen MR) is 126 cm³/mol. The maximum Gasteiger partial charge on any atom is 0.264 e. The molecule has 31 heavy (non-hydrogen) atoms. The van der Waals surface area contributed by atoms with Gasteiger partial charge in [-0.15, -0.1) is 0 Å². The van der Waals surface area contributed by atoms with Crippen LogP contribution in [0, 0.1) is 0 Å². The van der Waals surface area contributed by atoms with Crippen molar-refractivity contribution in [2.45, 2.75) is 24.3 Å². The summed E-state index contributed by atoms with van der Waals surface area (Å²) < 4.78 is 29.1. The molecule has 1 aliphatic rings. The molecule has 1 atom stereocenters. The minimum Gasteiger partial charge on any atom is -0.508 e. The normalized spacial score (nSPS) is 15.4. The molecule has 2 heterocycles. The summed E-state index contributed by atoms with van der Waals surface area (Å²) in [6, 6.07) is 21.5. The highest BCUT2D eigenvalue weighted by atomic mass is 32.2. The highest BCUT2D eigenvalue weighted by molar-refractivity contribution is 7.92. The van der Waals surface area contributed by atoms with Crippen LogP contribution in [0.1, 0.15) is 24.9 Å². The monoisotopic (exact) mass is 447 g/mol. The largest absolute Gasteiger partial charge is 0.508 e. The molecule has 0 aliphatic carbocycles. The van der Waals surface area contributed by atoms with Crippen LogP contribution in [0.4, 0.5) is 5.69 Å². The van der Waals surface area contributed by atoms with Gasteiger partial charge in [-0.2, -0.15) is 11.3 Å². The van der Waals surface area contributed by atoms with E-state index in [2.05, 4.69) is 23.6 Å². The van der Waals surface area contributed by atoms with Crippen LogP contribution in [0.15, 0.2) is 88.5 Å². The van der Waals surface area contributed by atoms with Gasteiger partial charge in [0.25, 0.3) is 10.0 Å². The summed E-state index contributed by atoms with van der Waals surface area (Å²) in [5.74, 6) is 0.0378.